The molecule has 0 atom stereocenters. The topological polar surface area (TPSA) is 12.0 Å². The van der Waals surface area contributed by atoms with Gasteiger partial charge in [0.15, 0.2) is 0 Å². The predicted octanol–water partition coefficient (Wildman–Crippen LogP) is 11.1. The Labute approximate surface area is 218 Å². The molecule has 196 valence electrons. The van der Waals surface area contributed by atoms with E-state index in [9.17, 15) is 0 Å². The minimum Gasteiger partial charge on any atom is -0.355 e. The summed E-state index contributed by atoms with van der Waals surface area (Å²) in [7, 11) is 0. The SMILES string of the molecule is CCCCCCCCCc1ccc(Nc2ccc(CCCCCCCCC)cc2CC)c(CC)c1. The molecule has 0 aromatic heterocycles. The third kappa shape index (κ3) is 11.7. The third-order valence-electron chi connectivity index (χ3n) is 7.51. The summed E-state index contributed by atoms with van der Waals surface area (Å²) >= 11 is 0. The second-order valence-electron chi connectivity index (χ2n) is 10.6. The van der Waals surface area contributed by atoms with E-state index in [1.54, 1.807) is 0 Å². The molecule has 1 N–H and O–H groups in total. The van der Waals surface area contributed by atoms with Crippen LogP contribution in [0.15, 0.2) is 36.4 Å². The van der Waals surface area contributed by atoms with Gasteiger partial charge >= 0.3 is 0 Å². The average molecular weight is 478 g/mol. The van der Waals surface area contributed by atoms with Crippen LogP contribution < -0.4 is 5.32 Å². The van der Waals surface area contributed by atoms with Crippen LogP contribution in [0, 0.1) is 0 Å². The summed E-state index contributed by atoms with van der Waals surface area (Å²) in [5, 5.41) is 3.79. The van der Waals surface area contributed by atoms with Crippen molar-refractivity contribution < 1.29 is 0 Å². The highest BCUT2D eigenvalue weighted by Crippen LogP contribution is 2.28. The van der Waals surface area contributed by atoms with E-state index in [0.717, 1.165) is 12.8 Å². The zero-order chi connectivity index (χ0) is 25.1. The fourth-order valence-electron chi connectivity index (χ4n) is 5.15. The fraction of sp³-hybridized carbons (Fsp3) is 0.647. The number of benzene rings is 2. The second-order valence-corrected chi connectivity index (χ2v) is 10.6. The molecule has 0 aliphatic rings. The van der Waals surface area contributed by atoms with E-state index in [2.05, 4.69) is 69.4 Å². The van der Waals surface area contributed by atoms with Crippen molar-refractivity contribution in [1.29, 1.82) is 0 Å². The Morgan fingerprint density at radius 3 is 1.20 bits per heavy atom. The van der Waals surface area contributed by atoms with E-state index in [-0.39, 0.29) is 0 Å². The zero-order valence-corrected chi connectivity index (χ0v) is 23.7. The first-order valence-corrected chi connectivity index (χ1v) is 15.2. The average Bonchev–Trinajstić information content (AvgIpc) is 2.89. The number of hydrogen-bond acceptors (Lipinski definition) is 1. The molecule has 0 spiro atoms. The van der Waals surface area contributed by atoms with Crippen LogP contribution in [0.5, 0.6) is 0 Å². The summed E-state index contributed by atoms with van der Waals surface area (Å²) in [6.45, 7) is 9.15. The first-order chi connectivity index (χ1) is 17.2. The summed E-state index contributed by atoms with van der Waals surface area (Å²) in [6.07, 6.45) is 23.9. The van der Waals surface area contributed by atoms with Gasteiger partial charge in [0.25, 0.3) is 0 Å². The predicted molar refractivity (Wildman–Crippen MR) is 158 cm³/mol. The quantitative estimate of drug-likeness (QED) is 0.187. The lowest BCUT2D eigenvalue weighted by Crippen LogP contribution is -2.01. The molecule has 0 aliphatic carbocycles. The molecule has 2 aromatic carbocycles. The lowest BCUT2D eigenvalue weighted by Gasteiger charge is -2.16. The van der Waals surface area contributed by atoms with Gasteiger partial charge in [-0.05, 0) is 72.9 Å². The Morgan fingerprint density at radius 2 is 0.829 bits per heavy atom. The summed E-state index contributed by atoms with van der Waals surface area (Å²) in [5.74, 6) is 0. The molecule has 0 amide bonds. The van der Waals surface area contributed by atoms with Gasteiger partial charge in [-0.1, -0.05) is 129 Å². The van der Waals surface area contributed by atoms with Crippen LogP contribution in [-0.2, 0) is 25.7 Å². The van der Waals surface area contributed by atoms with Gasteiger partial charge < -0.3 is 5.32 Å². The zero-order valence-electron chi connectivity index (χ0n) is 23.7. The fourth-order valence-corrected chi connectivity index (χ4v) is 5.15. The molecule has 0 saturated carbocycles. The van der Waals surface area contributed by atoms with Crippen molar-refractivity contribution in [3.8, 4) is 0 Å². The van der Waals surface area contributed by atoms with Crippen LogP contribution in [0.4, 0.5) is 11.4 Å². The van der Waals surface area contributed by atoms with E-state index in [1.807, 2.05) is 0 Å². The highest BCUT2D eigenvalue weighted by Gasteiger charge is 2.08. The largest absolute Gasteiger partial charge is 0.355 e. The molecular weight excluding hydrogens is 422 g/mol. The van der Waals surface area contributed by atoms with E-state index in [0.29, 0.717) is 0 Å². The number of unbranched alkanes of at least 4 members (excludes halogenated alkanes) is 12. The van der Waals surface area contributed by atoms with Gasteiger partial charge in [0.2, 0.25) is 0 Å². The van der Waals surface area contributed by atoms with Gasteiger partial charge in [0.05, 0.1) is 0 Å². The molecule has 35 heavy (non-hydrogen) atoms. The van der Waals surface area contributed by atoms with E-state index < -0.39 is 0 Å². The standard InChI is InChI=1S/C34H55N/c1-5-9-11-13-15-17-19-21-29-23-25-33(31(7-3)27-29)35-34-26-24-30(28-32(34)8-4)22-20-18-16-14-12-10-6-2/h23-28,35H,5-22H2,1-4H3. The summed E-state index contributed by atoms with van der Waals surface area (Å²) < 4.78 is 0. The molecule has 2 aromatic rings. The number of rotatable bonds is 20. The maximum atomic E-state index is 3.79. The molecule has 2 rings (SSSR count). The van der Waals surface area contributed by atoms with Gasteiger partial charge in [-0.3, -0.25) is 0 Å². The molecule has 0 aliphatic heterocycles. The van der Waals surface area contributed by atoms with Gasteiger partial charge in [0.1, 0.15) is 0 Å². The van der Waals surface area contributed by atoms with Crippen LogP contribution in [0.3, 0.4) is 0 Å². The van der Waals surface area contributed by atoms with Gasteiger partial charge in [-0.15, -0.1) is 0 Å². The minimum atomic E-state index is 1.07. The van der Waals surface area contributed by atoms with Gasteiger partial charge in [-0.25, -0.2) is 0 Å². The van der Waals surface area contributed by atoms with Crippen molar-refractivity contribution in [2.24, 2.45) is 0 Å². The number of aryl methyl sites for hydroxylation is 4. The highest BCUT2D eigenvalue weighted by atomic mass is 14.9. The molecule has 1 heteroatoms. The lowest BCUT2D eigenvalue weighted by atomic mass is 9.99. The smallest absolute Gasteiger partial charge is 0.0416 e. The Morgan fingerprint density at radius 1 is 0.457 bits per heavy atom. The van der Waals surface area contributed by atoms with Crippen LogP contribution in [0.25, 0.3) is 0 Å². The summed E-state index contributed by atoms with van der Waals surface area (Å²) in [4.78, 5) is 0. The van der Waals surface area contributed by atoms with Crippen molar-refractivity contribution >= 4 is 11.4 Å². The molecule has 0 unspecified atom stereocenters. The molecule has 0 radical (unpaired) electrons. The van der Waals surface area contributed by atoms with Crippen LogP contribution in [0.1, 0.15) is 140 Å². The first-order valence-electron chi connectivity index (χ1n) is 15.2. The normalized spacial score (nSPS) is 11.2. The Balaban J connectivity index is 1.86. The number of anilines is 2. The van der Waals surface area contributed by atoms with Crippen molar-refractivity contribution in [2.75, 3.05) is 5.32 Å². The van der Waals surface area contributed by atoms with E-state index in [4.69, 9.17) is 0 Å². The number of nitrogens with one attached hydrogen (secondary N) is 1. The molecule has 0 bridgehead atoms. The monoisotopic (exact) mass is 477 g/mol. The van der Waals surface area contributed by atoms with Crippen LogP contribution in [0.2, 0.25) is 0 Å². The molecule has 0 fully saturated rings. The Kier molecular flexibility index (Phi) is 15.6. The van der Waals surface area contributed by atoms with Crippen LogP contribution >= 0.6 is 0 Å². The van der Waals surface area contributed by atoms with E-state index >= 15 is 0 Å². The molecule has 0 heterocycles. The third-order valence-corrected chi connectivity index (χ3v) is 7.51. The summed E-state index contributed by atoms with van der Waals surface area (Å²) in [5.41, 5.74) is 8.46. The minimum absolute atomic E-state index is 1.07. The maximum absolute atomic E-state index is 3.79. The molecule has 1 nitrogen and oxygen atoms in total. The first kappa shape index (κ1) is 29.5. The molecule has 0 saturated heterocycles. The second kappa shape index (κ2) is 18.5. The van der Waals surface area contributed by atoms with Crippen LogP contribution in [-0.4, -0.2) is 0 Å². The maximum Gasteiger partial charge on any atom is 0.0416 e. The molecular formula is C34H55N. The Bertz CT molecular complexity index is 739. The lowest BCUT2D eigenvalue weighted by molar-refractivity contribution is 0.589. The van der Waals surface area contributed by atoms with Crippen molar-refractivity contribution in [2.45, 2.75) is 143 Å². The van der Waals surface area contributed by atoms with Gasteiger partial charge in [0, 0.05) is 11.4 Å². The number of hydrogen-bond donors (Lipinski definition) is 1. The van der Waals surface area contributed by atoms with Crippen molar-refractivity contribution in [3.05, 3.63) is 58.7 Å². The van der Waals surface area contributed by atoms with Crippen molar-refractivity contribution in [1.82, 2.24) is 0 Å². The van der Waals surface area contributed by atoms with E-state index in [1.165, 1.54) is 136 Å². The van der Waals surface area contributed by atoms with Gasteiger partial charge in [-0.2, -0.15) is 0 Å². The summed E-state index contributed by atoms with van der Waals surface area (Å²) in [6, 6.07) is 14.2. The van der Waals surface area contributed by atoms with Crippen molar-refractivity contribution in [3.63, 3.8) is 0 Å². The highest BCUT2D eigenvalue weighted by molar-refractivity contribution is 5.67. The Hall–Kier alpha value is -1.76.